The summed E-state index contributed by atoms with van der Waals surface area (Å²) in [5, 5.41) is 23.2. The molecule has 1 fully saturated rings. The fourth-order valence-electron chi connectivity index (χ4n) is 2.98. The molecule has 0 radical (unpaired) electrons. The number of aliphatic hydroxyl groups is 1. The summed E-state index contributed by atoms with van der Waals surface area (Å²) in [6, 6.07) is 5.09. The van der Waals surface area contributed by atoms with Gasteiger partial charge in [0.2, 0.25) is 0 Å². The van der Waals surface area contributed by atoms with Gasteiger partial charge in [0, 0.05) is 6.54 Å². The Balaban J connectivity index is 1.94. The maximum Gasteiger partial charge on any atom is 0.255 e. The summed E-state index contributed by atoms with van der Waals surface area (Å²) in [7, 11) is 0. The van der Waals surface area contributed by atoms with Crippen molar-refractivity contribution < 1.29 is 15.0 Å². The van der Waals surface area contributed by atoms with Crippen molar-refractivity contribution in [3.05, 3.63) is 29.3 Å². The number of amides is 1. The SMILES string of the molecule is CCC1CCC(O)(CNC(=O)c2cccc(C)c2O)CC1. The number of nitrogens with one attached hydrogen (secondary N) is 1. The smallest absolute Gasteiger partial charge is 0.255 e. The molecule has 0 aromatic heterocycles. The fraction of sp³-hybridized carbons (Fsp3) is 0.588. The third-order valence-electron chi connectivity index (χ3n) is 4.67. The Morgan fingerprint density at radius 3 is 2.67 bits per heavy atom. The van der Waals surface area contributed by atoms with Crippen molar-refractivity contribution in [1.82, 2.24) is 5.32 Å². The van der Waals surface area contributed by atoms with Gasteiger partial charge in [-0.05, 0) is 50.2 Å². The number of hydrogen-bond acceptors (Lipinski definition) is 3. The maximum absolute atomic E-state index is 12.1. The number of hydrogen-bond donors (Lipinski definition) is 3. The predicted molar refractivity (Wildman–Crippen MR) is 82.4 cm³/mol. The van der Waals surface area contributed by atoms with Crippen LogP contribution >= 0.6 is 0 Å². The lowest BCUT2D eigenvalue weighted by Gasteiger charge is -2.35. The molecule has 1 aliphatic rings. The van der Waals surface area contributed by atoms with Crippen LogP contribution in [0.5, 0.6) is 5.75 Å². The molecular weight excluding hydrogens is 266 g/mol. The molecule has 1 aromatic carbocycles. The number of benzene rings is 1. The molecule has 1 saturated carbocycles. The van der Waals surface area contributed by atoms with Gasteiger partial charge in [-0.2, -0.15) is 0 Å². The average Bonchev–Trinajstić information content (AvgIpc) is 2.49. The molecule has 0 spiro atoms. The van der Waals surface area contributed by atoms with Gasteiger partial charge in [0.15, 0.2) is 0 Å². The second-order valence-electron chi connectivity index (χ2n) is 6.23. The summed E-state index contributed by atoms with van der Waals surface area (Å²) >= 11 is 0. The molecule has 1 aliphatic carbocycles. The number of carbonyl (C=O) groups is 1. The second kappa shape index (κ2) is 6.48. The molecule has 0 unspecified atom stereocenters. The molecule has 4 heteroatoms. The fourth-order valence-corrected chi connectivity index (χ4v) is 2.98. The number of phenols is 1. The van der Waals surface area contributed by atoms with Crippen molar-refractivity contribution in [3.63, 3.8) is 0 Å². The Morgan fingerprint density at radius 2 is 2.05 bits per heavy atom. The zero-order valence-corrected chi connectivity index (χ0v) is 12.9. The standard InChI is InChI=1S/C17H25NO3/c1-3-13-7-9-17(21,10-8-13)11-18-16(20)14-6-4-5-12(2)15(14)19/h4-6,13,19,21H,3,7-11H2,1-2H3,(H,18,20). The molecule has 3 N–H and O–H groups in total. The molecule has 116 valence electrons. The van der Waals surface area contributed by atoms with E-state index >= 15 is 0 Å². The normalized spacial score (nSPS) is 25.6. The van der Waals surface area contributed by atoms with Gasteiger partial charge in [-0.15, -0.1) is 0 Å². The average molecular weight is 291 g/mol. The van der Waals surface area contributed by atoms with Crippen molar-refractivity contribution in [2.75, 3.05) is 6.54 Å². The monoisotopic (exact) mass is 291 g/mol. The highest BCUT2D eigenvalue weighted by atomic mass is 16.3. The Hall–Kier alpha value is -1.55. The maximum atomic E-state index is 12.1. The second-order valence-corrected chi connectivity index (χ2v) is 6.23. The van der Waals surface area contributed by atoms with Crippen LogP contribution in [0.3, 0.4) is 0 Å². The van der Waals surface area contributed by atoms with Crippen LogP contribution in [-0.2, 0) is 0 Å². The van der Waals surface area contributed by atoms with E-state index in [1.165, 1.54) is 0 Å². The number of para-hydroxylation sites is 1. The highest BCUT2D eigenvalue weighted by Crippen LogP contribution is 2.33. The van der Waals surface area contributed by atoms with Crippen LogP contribution in [0.4, 0.5) is 0 Å². The van der Waals surface area contributed by atoms with Crippen LogP contribution < -0.4 is 5.32 Å². The third-order valence-corrected chi connectivity index (χ3v) is 4.67. The highest BCUT2D eigenvalue weighted by molar-refractivity contribution is 5.97. The first-order valence-electron chi connectivity index (χ1n) is 7.74. The summed E-state index contributed by atoms with van der Waals surface area (Å²) < 4.78 is 0. The van der Waals surface area contributed by atoms with Crippen LogP contribution in [0.25, 0.3) is 0 Å². The quantitative estimate of drug-likeness (QED) is 0.799. The van der Waals surface area contributed by atoms with Crippen molar-refractivity contribution in [1.29, 1.82) is 0 Å². The Morgan fingerprint density at radius 1 is 1.38 bits per heavy atom. The molecule has 4 nitrogen and oxygen atoms in total. The van der Waals surface area contributed by atoms with Gasteiger partial charge in [-0.1, -0.05) is 25.5 Å². The lowest BCUT2D eigenvalue weighted by molar-refractivity contribution is -0.00788. The molecule has 1 amide bonds. The summed E-state index contributed by atoms with van der Waals surface area (Å²) in [5.74, 6) is 0.376. The van der Waals surface area contributed by atoms with E-state index in [0.29, 0.717) is 11.5 Å². The minimum absolute atomic E-state index is 0.0108. The minimum atomic E-state index is -0.805. The lowest BCUT2D eigenvalue weighted by atomic mass is 9.78. The summed E-state index contributed by atoms with van der Waals surface area (Å²) in [6.07, 6.45) is 4.63. The number of phenolic OH excluding ortho intramolecular Hbond substituents is 1. The molecule has 0 aliphatic heterocycles. The Kier molecular flexibility index (Phi) is 4.88. The van der Waals surface area contributed by atoms with Crippen LogP contribution in [0.2, 0.25) is 0 Å². The van der Waals surface area contributed by atoms with E-state index in [1.54, 1.807) is 25.1 Å². The summed E-state index contributed by atoms with van der Waals surface area (Å²) in [6.45, 7) is 4.18. The third kappa shape index (κ3) is 3.76. The lowest BCUT2D eigenvalue weighted by Crippen LogP contribution is -2.45. The first-order chi connectivity index (χ1) is 9.95. The molecule has 0 atom stereocenters. The van der Waals surface area contributed by atoms with Crippen molar-refractivity contribution in [3.8, 4) is 5.75 Å². The van der Waals surface area contributed by atoms with E-state index in [0.717, 1.165) is 32.1 Å². The van der Waals surface area contributed by atoms with E-state index in [1.807, 2.05) is 0 Å². The van der Waals surface area contributed by atoms with E-state index in [-0.39, 0.29) is 23.8 Å². The first-order valence-corrected chi connectivity index (χ1v) is 7.74. The highest BCUT2D eigenvalue weighted by Gasteiger charge is 2.33. The van der Waals surface area contributed by atoms with Gasteiger partial charge < -0.3 is 15.5 Å². The van der Waals surface area contributed by atoms with Crippen LogP contribution in [0.15, 0.2) is 18.2 Å². The van der Waals surface area contributed by atoms with Crippen molar-refractivity contribution in [2.45, 2.75) is 51.6 Å². The first kappa shape index (κ1) is 15.8. The number of rotatable bonds is 4. The molecular formula is C17H25NO3. The van der Waals surface area contributed by atoms with Crippen molar-refractivity contribution in [2.24, 2.45) is 5.92 Å². The number of carbonyl (C=O) groups excluding carboxylic acids is 1. The van der Waals surface area contributed by atoms with Gasteiger partial charge in [-0.25, -0.2) is 0 Å². The van der Waals surface area contributed by atoms with Gasteiger partial charge >= 0.3 is 0 Å². The number of aryl methyl sites for hydroxylation is 1. The van der Waals surface area contributed by atoms with E-state index in [4.69, 9.17) is 0 Å². The topological polar surface area (TPSA) is 69.6 Å². The van der Waals surface area contributed by atoms with E-state index < -0.39 is 5.60 Å². The van der Waals surface area contributed by atoms with Crippen molar-refractivity contribution >= 4 is 5.91 Å². The Bertz CT molecular complexity index is 505. The van der Waals surface area contributed by atoms with Crippen LogP contribution in [0, 0.1) is 12.8 Å². The Labute approximate surface area is 126 Å². The molecule has 0 bridgehead atoms. The number of aromatic hydroxyl groups is 1. The molecule has 0 saturated heterocycles. The van der Waals surface area contributed by atoms with Gasteiger partial charge in [0.05, 0.1) is 11.2 Å². The minimum Gasteiger partial charge on any atom is -0.507 e. The zero-order valence-electron chi connectivity index (χ0n) is 12.9. The van der Waals surface area contributed by atoms with Crippen LogP contribution in [-0.4, -0.2) is 28.3 Å². The summed E-state index contributed by atoms with van der Waals surface area (Å²) in [4.78, 5) is 12.1. The molecule has 21 heavy (non-hydrogen) atoms. The van der Waals surface area contributed by atoms with Crippen LogP contribution in [0.1, 0.15) is 54.9 Å². The molecule has 1 aromatic rings. The summed E-state index contributed by atoms with van der Waals surface area (Å²) in [5.41, 5.74) is 0.131. The van der Waals surface area contributed by atoms with Gasteiger partial charge in [0.25, 0.3) is 5.91 Å². The zero-order chi connectivity index (χ0) is 15.5. The van der Waals surface area contributed by atoms with E-state index in [2.05, 4.69) is 12.2 Å². The molecule has 2 rings (SSSR count). The predicted octanol–water partition coefficient (Wildman–Crippen LogP) is 2.76. The van der Waals surface area contributed by atoms with Gasteiger partial charge in [0.1, 0.15) is 5.75 Å². The largest absolute Gasteiger partial charge is 0.507 e. The molecule has 0 heterocycles. The van der Waals surface area contributed by atoms with E-state index in [9.17, 15) is 15.0 Å². The van der Waals surface area contributed by atoms with Gasteiger partial charge in [-0.3, -0.25) is 4.79 Å².